The van der Waals surface area contributed by atoms with Gasteiger partial charge in [-0.05, 0) is 39.5 Å². The zero-order valence-electron chi connectivity index (χ0n) is 9.83. The second-order valence-corrected chi connectivity index (χ2v) is 2.77. The van der Waals surface area contributed by atoms with Gasteiger partial charge >= 0.3 is 0 Å². The molecule has 0 unspecified atom stereocenters. The highest BCUT2D eigenvalue weighted by Gasteiger charge is 2.02. The molecule has 0 fully saturated rings. The molecule has 1 aliphatic rings. The Kier molecular flexibility index (Phi) is 31.1. The van der Waals surface area contributed by atoms with Crippen molar-refractivity contribution in [3.8, 4) is 0 Å². The molecule has 0 aromatic carbocycles. The first-order valence-electron chi connectivity index (χ1n) is 5.46. The SMILES string of the molecule is C.C.CC.CC.CC1=C(C)CCCC1. The molecule has 0 aromatic rings. The zero-order valence-corrected chi connectivity index (χ0v) is 9.83. The summed E-state index contributed by atoms with van der Waals surface area (Å²) in [6.07, 6.45) is 5.55. The van der Waals surface area contributed by atoms with Crippen LogP contribution in [0.25, 0.3) is 0 Å². The minimum atomic E-state index is 0. The summed E-state index contributed by atoms with van der Waals surface area (Å²) in [4.78, 5) is 0. The Bertz CT molecular complexity index is 95.2. The highest BCUT2D eigenvalue weighted by molar-refractivity contribution is 5.11. The highest BCUT2D eigenvalue weighted by atomic mass is 14.1. The Balaban J connectivity index is -0.0000000750. The monoisotopic (exact) mass is 202 g/mol. The van der Waals surface area contributed by atoms with Crippen molar-refractivity contribution in [2.24, 2.45) is 0 Å². The van der Waals surface area contributed by atoms with E-state index in [-0.39, 0.29) is 14.9 Å². The first-order valence-corrected chi connectivity index (χ1v) is 5.46. The van der Waals surface area contributed by atoms with Gasteiger partial charge in [0.15, 0.2) is 0 Å². The fourth-order valence-electron chi connectivity index (χ4n) is 1.21. The van der Waals surface area contributed by atoms with Gasteiger partial charge in [0.2, 0.25) is 0 Å². The van der Waals surface area contributed by atoms with E-state index in [2.05, 4.69) is 13.8 Å². The lowest BCUT2D eigenvalue weighted by Gasteiger charge is -2.12. The van der Waals surface area contributed by atoms with Crippen molar-refractivity contribution in [3.05, 3.63) is 11.1 Å². The summed E-state index contributed by atoms with van der Waals surface area (Å²) in [5.74, 6) is 0. The van der Waals surface area contributed by atoms with Crippen LogP contribution in [0.4, 0.5) is 0 Å². The average molecular weight is 202 g/mol. The van der Waals surface area contributed by atoms with Crippen LogP contribution in [0.15, 0.2) is 11.1 Å². The van der Waals surface area contributed by atoms with E-state index in [1.165, 1.54) is 25.7 Å². The maximum Gasteiger partial charge on any atom is -0.0320 e. The third-order valence-corrected chi connectivity index (χ3v) is 2.08. The minimum Gasteiger partial charge on any atom is -0.0776 e. The van der Waals surface area contributed by atoms with Gasteiger partial charge in [0.25, 0.3) is 0 Å². The molecule has 0 saturated carbocycles. The molecule has 0 heterocycles. The Hall–Kier alpha value is -0.260. The molecule has 0 heteroatoms. The summed E-state index contributed by atoms with van der Waals surface area (Å²) in [5, 5.41) is 0. The average Bonchev–Trinajstić information content (AvgIpc) is 2.17. The molecule has 0 aliphatic heterocycles. The molecule has 0 atom stereocenters. The molecule has 90 valence electrons. The van der Waals surface area contributed by atoms with E-state index in [0.717, 1.165) is 0 Å². The van der Waals surface area contributed by atoms with E-state index in [0.29, 0.717) is 0 Å². The van der Waals surface area contributed by atoms with Crippen LogP contribution in [-0.2, 0) is 0 Å². The summed E-state index contributed by atoms with van der Waals surface area (Å²) in [6.45, 7) is 12.5. The van der Waals surface area contributed by atoms with Crippen LogP contribution >= 0.6 is 0 Å². The van der Waals surface area contributed by atoms with Gasteiger partial charge in [-0.25, -0.2) is 0 Å². The van der Waals surface area contributed by atoms with Crippen molar-refractivity contribution in [3.63, 3.8) is 0 Å². The normalized spacial score (nSPS) is 13.3. The van der Waals surface area contributed by atoms with Gasteiger partial charge in [-0.15, -0.1) is 0 Å². The Labute approximate surface area is 93.8 Å². The van der Waals surface area contributed by atoms with Gasteiger partial charge in [-0.3, -0.25) is 0 Å². The minimum absolute atomic E-state index is 0. The van der Waals surface area contributed by atoms with Gasteiger partial charge in [-0.1, -0.05) is 53.7 Å². The van der Waals surface area contributed by atoms with Gasteiger partial charge in [0.05, 0.1) is 0 Å². The Morgan fingerprint density at radius 2 is 0.857 bits per heavy atom. The van der Waals surface area contributed by atoms with E-state index in [1.54, 1.807) is 11.1 Å². The molecule has 0 radical (unpaired) electrons. The van der Waals surface area contributed by atoms with Gasteiger partial charge in [-0.2, -0.15) is 0 Å². The number of rotatable bonds is 0. The molecule has 0 N–H and O–H groups in total. The third kappa shape index (κ3) is 11.7. The van der Waals surface area contributed by atoms with Crippen LogP contribution in [0.3, 0.4) is 0 Å². The third-order valence-electron chi connectivity index (χ3n) is 2.08. The topological polar surface area (TPSA) is 0 Å². The van der Waals surface area contributed by atoms with Crippen molar-refractivity contribution in [1.82, 2.24) is 0 Å². The molecule has 0 spiro atoms. The number of allylic oxidation sites excluding steroid dienone is 2. The van der Waals surface area contributed by atoms with Gasteiger partial charge in [0, 0.05) is 0 Å². The van der Waals surface area contributed by atoms with Crippen LogP contribution in [-0.4, -0.2) is 0 Å². The van der Waals surface area contributed by atoms with Gasteiger partial charge < -0.3 is 0 Å². The fraction of sp³-hybridized carbons (Fsp3) is 0.857. The summed E-state index contributed by atoms with van der Waals surface area (Å²) >= 11 is 0. The van der Waals surface area contributed by atoms with Crippen LogP contribution in [0.5, 0.6) is 0 Å². The number of hydrogen-bond acceptors (Lipinski definition) is 0. The Morgan fingerprint density at radius 3 is 1.00 bits per heavy atom. The zero-order chi connectivity index (χ0) is 9.98. The van der Waals surface area contributed by atoms with E-state index >= 15 is 0 Å². The molecule has 1 rings (SSSR count). The smallest absolute Gasteiger partial charge is 0.0320 e. The molecule has 0 saturated heterocycles. The Morgan fingerprint density at radius 1 is 0.643 bits per heavy atom. The van der Waals surface area contributed by atoms with Crippen molar-refractivity contribution >= 4 is 0 Å². The molecular weight excluding hydrogens is 168 g/mol. The molecule has 0 nitrogen and oxygen atoms in total. The molecule has 1 aliphatic carbocycles. The van der Waals surface area contributed by atoms with Crippen LogP contribution in [0.2, 0.25) is 0 Å². The fourth-order valence-corrected chi connectivity index (χ4v) is 1.21. The second kappa shape index (κ2) is 18.5. The first-order chi connectivity index (χ1) is 5.80. The lowest BCUT2D eigenvalue weighted by Crippen LogP contribution is -1.92. The van der Waals surface area contributed by atoms with E-state index < -0.39 is 0 Å². The van der Waals surface area contributed by atoms with Crippen molar-refractivity contribution in [2.75, 3.05) is 0 Å². The summed E-state index contributed by atoms with van der Waals surface area (Å²) in [5.41, 5.74) is 3.27. The standard InChI is InChI=1S/C8H14.2C2H6.2CH4/c1-7-5-3-4-6-8(7)2;2*1-2;;/h3-6H2,1-2H3;2*1-2H3;2*1H4. The highest BCUT2D eigenvalue weighted by Crippen LogP contribution is 2.22. The molecular formula is C14H34. The van der Waals surface area contributed by atoms with E-state index in [4.69, 9.17) is 0 Å². The quantitative estimate of drug-likeness (QED) is 0.409. The lowest BCUT2D eigenvalue weighted by molar-refractivity contribution is 0.672. The van der Waals surface area contributed by atoms with Crippen LogP contribution in [0.1, 0.15) is 82.1 Å². The molecule has 0 aromatic heterocycles. The number of hydrogen-bond donors (Lipinski definition) is 0. The predicted octanol–water partition coefficient (Wildman–Crippen LogP) is 6.22. The first kappa shape index (κ1) is 23.5. The van der Waals surface area contributed by atoms with E-state index in [9.17, 15) is 0 Å². The van der Waals surface area contributed by atoms with Crippen molar-refractivity contribution in [1.29, 1.82) is 0 Å². The van der Waals surface area contributed by atoms with Crippen LogP contribution < -0.4 is 0 Å². The van der Waals surface area contributed by atoms with Gasteiger partial charge in [0.1, 0.15) is 0 Å². The summed E-state index contributed by atoms with van der Waals surface area (Å²) < 4.78 is 0. The van der Waals surface area contributed by atoms with E-state index in [1.807, 2.05) is 27.7 Å². The van der Waals surface area contributed by atoms with Crippen LogP contribution in [0, 0.1) is 0 Å². The maximum absolute atomic E-state index is 2.26. The molecule has 14 heavy (non-hydrogen) atoms. The predicted molar refractivity (Wildman–Crippen MR) is 73.0 cm³/mol. The second-order valence-electron chi connectivity index (χ2n) is 2.77. The van der Waals surface area contributed by atoms with Crippen molar-refractivity contribution in [2.45, 2.75) is 82.1 Å². The molecule has 0 bridgehead atoms. The lowest BCUT2D eigenvalue weighted by atomic mass is 9.94. The summed E-state index contributed by atoms with van der Waals surface area (Å²) in [7, 11) is 0. The maximum atomic E-state index is 2.26. The largest absolute Gasteiger partial charge is 0.0776 e. The molecule has 0 amide bonds. The summed E-state index contributed by atoms with van der Waals surface area (Å²) in [6, 6.07) is 0. The van der Waals surface area contributed by atoms with Crippen molar-refractivity contribution < 1.29 is 0 Å².